The van der Waals surface area contributed by atoms with Gasteiger partial charge in [-0.2, -0.15) is 4.98 Å². The fraction of sp³-hybridized carbons (Fsp3) is 0.263. The largest absolute Gasteiger partial charge is 0.368 e. The molecule has 1 saturated heterocycles. The maximum atomic E-state index is 6.01. The fourth-order valence-corrected chi connectivity index (χ4v) is 3.34. The van der Waals surface area contributed by atoms with E-state index < -0.39 is 0 Å². The molecule has 0 atom stereocenters. The standard InChI is InChI=1S/C19H20ClN5/c1-24-8-10-25(11-9-24)18-16-12-14(13-2-5-15(20)6-3-13)4-7-17(16)22-19(21)23-18/h2-7,12H,8-11H2,1H3,(H2,21,22,23). The number of fused-ring (bicyclic) bond motifs is 1. The highest BCUT2D eigenvalue weighted by Crippen LogP contribution is 2.30. The second-order valence-electron chi connectivity index (χ2n) is 6.43. The van der Waals surface area contributed by atoms with E-state index in [1.165, 1.54) is 0 Å². The predicted molar refractivity (Wildman–Crippen MR) is 104 cm³/mol. The first-order valence-electron chi connectivity index (χ1n) is 8.37. The van der Waals surface area contributed by atoms with Crippen LogP contribution in [-0.2, 0) is 0 Å². The van der Waals surface area contributed by atoms with E-state index in [0.717, 1.165) is 59.0 Å². The van der Waals surface area contributed by atoms with Crippen LogP contribution < -0.4 is 10.6 Å². The van der Waals surface area contributed by atoms with E-state index in [1.807, 2.05) is 30.3 Å². The molecular formula is C19H20ClN5. The maximum Gasteiger partial charge on any atom is 0.222 e. The molecule has 0 spiro atoms. The molecule has 3 aromatic rings. The molecule has 1 aliphatic rings. The number of aromatic nitrogens is 2. The third-order valence-corrected chi connectivity index (χ3v) is 4.93. The summed E-state index contributed by atoms with van der Waals surface area (Å²) in [6.45, 7) is 3.91. The summed E-state index contributed by atoms with van der Waals surface area (Å²) in [7, 11) is 2.14. The van der Waals surface area contributed by atoms with Crippen molar-refractivity contribution >= 4 is 34.3 Å². The maximum absolute atomic E-state index is 6.01. The Morgan fingerprint density at radius 3 is 2.32 bits per heavy atom. The minimum Gasteiger partial charge on any atom is -0.368 e. The van der Waals surface area contributed by atoms with Crippen molar-refractivity contribution in [2.75, 3.05) is 43.9 Å². The Kier molecular flexibility index (Phi) is 4.19. The Bertz CT molecular complexity index is 902. The van der Waals surface area contributed by atoms with E-state index in [0.29, 0.717) is 5.95 Å². The van der Waals surface area contributed by atoms with Gasteiger partial charge in [0, 0.05) is 36.6 Å². The summed E-state index contributed by atoms with van der Waals surface area (Å²) >= 11 is 6.01. The molecular weight excluding hydrogens is 334 g/mol. The number of nitrogen functional groups attached to an aromatic ring is 1. The second kappa shape index (κ2) is 6.50. The SMILES string of the molecule is CN1CCN(c2nc(N)nc3ccc(-c4ccc(Cl)cc4)cc23)CC1. The highest BCUT2D eigenvalue weighted by atomic mass is 35.5. The zero-order chi connectivity index (χ0) is 17.4. The van der Waals surface area contributed by atoms with Crippen LogP contribution in [0.1, 0.15) is 0 Å². The van der Waals surface area contributed by atoms with Crippen LogP contribution in [0.2, 0.25) is 5.02 Å². The first-order chi connectivity index (χ1) is 12.1. The highest BCUT2D eigenvalue weighted by molar-refractivity contribution is 6.30. The van der Waals surface area contributed by atoms with E-state index in [2.05, 4.69) is 38.9 Å². The van der Waals surface area contributed by atoms with E-state index in [4.69, 9.17) is 17.3 Å². The van der Waals surface area contributed by atoms with Crippen molar-refractivity contribution in [1.29, 1.82) is 0 Å². The van der Waals surface area contributed by atoms with Crippen molar-refractivity contribution < 1.29 is 0 Å². The number of rotatable bonds is 2. The van der Waals surface area contributed by atoms with Crippen LogP contribution in [0.25, 0.3) is 22.0 Å². The van der Waals surface area contributed by atoms with Crippen molar-refractivity contribution in [1.82, 2.24) is 14.9 Å². The van der Waals surface area contributed by atoms with Gasteiger partial charge in [-0.3, -0.25) is 0 Å². The lowest BCUT2D eigenvalue weighted by Crippen LogP contribution is -2.45. The summed E-state index contributed by atoms with van der Waals surface area (Å²) in [5.74, 6) is 1.24. The number of piperazine rings is 1. The summed E-state index contributed by atoms with van der Waals surface area (Å²) in [5.41, 5.74) is 9.06. The molecule has 5 nitrogen and oxygen atoms in total. The Morgan fingerprint density at radius 1 is 0.920 bits per heavy atom. The van der Waals surface area contributed by atoms with Gasteiger partial charge in [0.25, 0.3) is 0 Å². The molecule has 0 aliphatic carbocycles. The third-order valence-electron chi connectivity index (χ3n) is 4.67. The number of hydrogen-bond donors (Lipinski definition) is 1. The van der Waals surface area contributed by atoms with Crippen molar-refractivity contribution in [2.45, 2.75) is 0 Å². The smallest absolute Gasteiger partial charge is 0.222 e. The highest BCUT2D eigenvalue weighted by Gasteiger charge is 2.19. The summed E-state index contributed by atoms with van der Waals surface area (Å²) in [4.78, 5) is 13.6. The fourth-order valence-electron chi connectivity index (χ4n) is 3.21. The molecule has 4 rings (SSSR count). The number of benzene rings is 2. The van der Waals surface area contributed by atoms with E-state index in [-0.39, 0.29) is 0 Å². The van der Waals surface area contributed by atoms with Crippen LogP contribution in [0.5, 0.6) is 0 Å². The van der Waals surface area contributed by atoms with Crippen LogP contribution in [0.4, 0.5) is 11.8 Å². The Hall–Kier alpha value is -2.37. The van der Waals surface area contributed by atoms with Gasteiger partial charge in [-0.05, 0) is 42.4 Å². The molecule has 1 aromatic heterocycles. The lowest BCUT2D eigenvalue weighted by atomic mass is 10.0. The molecule has 0 unspecified atom stereocenters. The zero-order valence-electron chi connectivity index (χ0n) is 14.1. The van der Waals surface area contributed by atoms with Crippen LogP contribution in [0, 0.1) is 0 Å². The van der Waals surface area contributed by atoms with Gasteiger partial charge in [-0.1, -0.05) is 29.8 Å². The van der Waals surface area contributed by atoms with E-state index in [1.54, 1.807) is 0 Å². The van der Waals surface area contributed by atoms with Gasteiger partial charge >= 0.3 is 0 Å². The molecule has 0 bridgehead atoms. The Morgan fingerprint density at radius 2 is 1.60 bits per heavy atom. The van der Waals surface area contributed by atoms with Crippen LogP contribution >= 0.6 is 11.6 Å². The minimum absolute atomic E-state index is 0.320. The van der Waals surface area contributed by atoms with Gasteiger partial charge in [-0.15, -0.1) is 0 Å². The molecule has 128 valence electrons. The van der Waals surface area contributed by atoms with Crippen molar-refractivity contribution in [3.63, 3.8) is 0 Å². The number of likely N-dealkylation sites (N-methyl/N-ethyl adjacent to an activating group) is 1. The zero-order valence-corrected chi connectivity index (χ0v) is 14.9. The van der Waals surface area contributed by atoms with Crippen molar-refractivity contribution in [3.8, 4) is 11.1 Å². The van der Waals surface area contributed by atoms with Crippen LogP contribution in [0.3, 0.4) is 0 Å². The molecule has 2 aromatic carbocycles. The predicted octanol–water partition coefficient (Wildman–Crippen LogP) is 3.28. The van der Waals surface area contributed by atoms with Crippen molar-refractivity contribution in [3.05, 3.63) is 47.5 Å². The van der Waals surface area contributed by atoms with Gasteiger partial charge < -0.3 is 15.5 Å². The molecule has 0 saturated carbocycles. The summed E-state index contributed by atoms with van der Waals surface area (Å²) in [6.07, 6.45) is 0. The lowest BCUT2D eigenvalue weighted by molar-refractivity contribution is 0.312. The monoisotopic (exact) mass is 353 g/mol. The molecule has 1 aliphatic heterocycles. The first kappa shape index (κ1) is 16.1. The average molecular weight is 354 g/mol. The number of nitrogens with zero attached hydrogens (tertiary/aromatic N) is 4. The molecule has 6 heteroatoms. The van der Waals surface area contributed by atoms with Crippen molar-refractivity contribution in [2.24, 2.45) is 0 Å². The third kappa shape index (κ3) is 3.25. The van der Waals surface area contributed by atoms with Gasteiger partial charge in [-0.25, -0.2) is 4.98 Å². The summed E-state index contributed by atoms with van der Waals surface area (Å²) < 4.78 is 0. The molecule has 1 fully saturated rings. The normalized spacial score (nSPS) is 15.7. The first-order valence-corrected chi connectivity index (χ1v) is 8.75. The van der Waals surface area contributed by atoms with Gasteiger partial charge in [0.1, 0.15) is 5.82 Å². The summed E-state index contributed by atoms with van der Waals surface area (Å²) in [6, 6.07) is 14.1. The van der Waals surface area contributed by atoms with Gasteiger partial charge in [0.05, 0.1) is 5.52 Å². The summed E-state index contributed by atoms with van der Waals surface area (Å²) in [5, 5.41) is 1.77. The van der Waals surface area contributed by atoms with Gasteiger partial charge in [0.2, 0.25) is 5.95 Å². The molecule has 25 heavy (non-hydrogen) atoms. The number of anilines is 2. The van der Waals surface area contributed by atoms with Crippen LogP contribution in [0.15, 0.2) is 42.5 Å². The molecule has 0 radical (unpaired) electrons. The Labute approximate surface area is 152 Å². The van der Waals surface area contributed by atoms with Crippen LogP contribution in [-0.4, -0.2) is 48.1 Å². The van der Waals surface area contributed by atoms with E-state index >= 15 is 0 Å². The number of hydrogen-bond acceptors (Lipinski definition) is 5. The quantitative estimate of drug-likeness (QED) is 0.766. The molecule has 2 N–H and O–H groups in total. The number of nitrogens with two attached hydrogens (primary N) is 1. The topological polar surface area (TPSA) is 58.3 Å². The lowest BCUT2D eigenvalue weighted by Gasteiger charge is -2.33. The molecule has 2 heterocycles. The molecule has 0 amide bonds. The Balaban J connectivity index is 1.81. The van der Waals surface area contributed by atoms with E-state index in [9.17, 15) is 0 Å². The second-order valence-corrected chi connectivity index (χ2v) is 6.87. The number of halogens is 1. The minimum atomic E-state index is 0.320. The van der Waals surface area contributed by atoms with Gasteiger partial charge in [0.15, 0.2) is 0 Å². The average Bonchev–Trinajstić information content (AvgIpc) is 2.62.